The average molecular weight is 395 g/mol. The van der Waals surface area contributed by atoms with Crippen LogP contribution in [0.15, 0.2) is 0 Å². The van der Waals surface area contributed by atoms with Gasteiger partial charge in [0.05, 0.1) is 0 Å². The van der Waals surface area contributed by atoms with Crippen LogP contribution in [0.25, 0.3) is 0 Å². The molecule has 0 aliphatic carbocycles. The minimum atomic E-state index is -0.852. The maximum absolute atomic E-state index is 12.1. The van der Waals surface area contributed by atoms with Gasteiger partial charge in [0.1, 0.15) is 19.3 Å². The number of likely N-dealkylation sites (tertiary alicyclic amines) is 1. The Bertz CT molecular complexity index is 492. The molecule has 1 N–H and O–H groups in total. The first kappa shape index (κ1) is 21.4. The molecule has 1 heterocycles. The summed E-state index contributed by atoms with van der Waals surface area (Å²) in [6.07, 6.45) is 0.714. The van der Waals surface area contributed by atoms with Gasteiger partial charge >= 0.3 is 6.09 Å². The third-order valence-corrected chi connectivity index (χ3v) is 5.58. The van der Waals surface area contributed by atoms with Gasteiger partial charge in [0.25, 0.3) is 11.0 Å². The van der Waals surface area contributed by atoms with Crippen LogP contribution >= 0.6 is 21.6 Å². The summed E-state index contributed by atoms with van der Waals surface area (Å²) >= 11 is 0. The molecular formula is C13H21N3O7S2. The molecule has 0 bridgehead atoms. The number of carbonyl (C=O) groups excluding carboxylic acids is 3. The van der Waals surface area contributed by atoms with Crippen molar-refractivity contribution in [2.75, 3.05) is 31.3 Å². The summed E-state index contributed by atoms with van der Waals surface area (Å²) in [6, 6.07) is -0.658. The number of nitrogens with one attached hydrogen (secondary N) is 1. The fraction of sp³-hybridized carbons (Fsp3) is 0.769. The van der Waals surface area contributed by atoms with Crippen molar-refractivity contribution in [2.45, 2.75) is 32.2 Å². The molecule has 1 aliphatic heterocycles. The van der Waals surface area contributed by atoms with Gasteiger partial charge in [-0.25, -0.2) is 4.79 Å². The molecule has 12 heteroatoms. The fourth-order valence-electron chi connectivity index (χ4n) is 2.20. The monoisotopic (exact) mass is 395 g/mol. The summed E-state index contributed by atoms with van der Waals surface area (Å²) in [5, 5.41) is 11.2. The maximum atomic E-state index is 12.1. The van der Waals surface area contributed by atoms with E-state index in [1.54, 1.807) is 6.92 Å². The second-order valence-corrected chi connectivity index (χ2v) is 7.64. The number of amides is 3. The highest BCUT2D eigenvalue weighted by atomic mass is 33.1. The number of ether oxygens (including phenoxy) is 1. The van der Waals surface area contributed by atoms with Crippen molar-refractivity contribution in [3.8, 4) is 0 Å². The highest BCUT2D eigenvalue weighted by Crippen LogP contribution is 2.20. The predicted octanol–water partition coefficient (Wildman–Crippen LogP) is 1.23. The molecule has 0 spiro atoms. The van der Waals surface area contributed by atoms with Gasteiger partial charge in [-0.05, 0) is 12.8 Å². The topological polar surface area (TPSA) is 128 Å². The molecule has 0 aromatic rings. The summed E-state index contributed by atoms with van der Waals surface area (Å²) in [5.41, 5.74) is 0. The van der Waals surface area contributed by atoms with Gasteiger partial charge in [0.15, 0.2) is 0 Å². The normalized spacial score (nSPS) is 14.9. The third kappa shape index (κ3) is 8.29. The summed E-state index contributed by atoms with van der Waals surface area (Å²) in [5.74, 6) is 0.275. The van der Waals surface area contributed by atoms with Gasteiger partial charge in [-0.15, -0.1) is 10.1 Å². The molecule has 0 unspecified atom stereocenters. The number of imide groups is 1. The number of alkyl carbamates (subject to hydrolysis) is 1. The maximum Gasteiger partial charge on any atom is 0.413 e. The molecule has 3 amide bonds. The molecule has 142 valence electrons. The van der Waals surface area contributed by atoms with Crippen molar-refractivity contribution in [3.05, 3.63) is 10.1 Å². The largest absolute Gasteiger partial charge is 0.448 e. The van der Waals surface area contributed by atoms with Crippen molar-refractivity contribution >= 4 is 39.5 Å². The zero-order valence-corrected chi connectivity index (χ0v) is 15.4. The van der Waals surface area contributed by atoms with Crippen LogP contribution in [0, 0.1) is 10.1 Å². The van der Waals surface area contributed by atoms with Gasteiger partial charge in [-0.2, -0.15) is 0 Å². The Labute approximate surface area is 152 Å². The first-order valence-electron chi connectivity index (χ1n) is 7.74. The number of nitrogens with zero attached hydrogens (tertiary/aromatic N) is 2. The number of carbonyl (C=O) groups is 3. The van der Waals surface area contributed by atoms with Crippen molar-refractivity contribution in [2.24, 2.45) is 0 Å². The van der Waals surface area contributed by atoms with Crippen molar-refractivity contribution in [1.29, 1.82) is 0 Å². The highest BCUT2D eigenvalue weighted by molar-refractivity contribution is 8.76. The molecule has 1 saturated heterocycles. The molecule has 0 aromatic heterocycles. The Morgan fingerprint density at radius 3 is 2.60 bits per heavy atom. The lowest BCUT2D eigenvalue weighted by molar-refractivity contribution is -0.756. The molecule has 0 aromatic carbocycles. The minimum absolute atomic E-state index is 0.00582. The van der Waals surface area contributed by atoms with Gasteiger partial charge in [-0.3, -0.25) is 14.9 Å². The fourth-order valence-corrected chi connectivity index (χ4v) is 3.84. The van der Waals surface area contributed by atoms with Gasteiger partial charge in [0.2, 0.25) is 5.91 Å². The molecule has 0 radical (unpaired) electrons. The van der Waals surface area contributed by atoms with E-state index in [1.807, 2.05) is 0 Å². The first-order valence-corrected chi connectivity index (χ1v) is 10.2. The Morgan fingerprint density at radius 2 is 2.04 bits per heavy atom. The van der Waals surface area contributed by atoms with Crippen LogP contribution in [0.2, 0.25) is 0 Å². The SMILES string of the molecule is CC[C@@H](C(=O)NC(=O)OCCSSCCO[N+](=O)[O-])N1CCCC1=O. The van der Waals surface area contributed by atoms with Gasteiger partial charge < -0.3 is 14.5 Å². The van der Waals surface area contributed by atoms with Crippen LogP contribution in [0.4, 0.5) is 4.79 Å². The highest BCUT2D eigenvalue weighted by Gasteiger charge is 2.32. The molecule has 10 nitrogen and oxygen atoms in total. The zero-order chi connectivity index (χ0) is 18.7. The average Bonchev–Trinajstić information content (AvgIpc) is 2.96. The van der Waals surface area contributed by atoms with E-state index in [2.05, 4.69) is 10.2 Å². The lowest BCUT2D eigenvalue weighted by Gasteiger charge is -2.25. The molecule has 0 saturated carbocycles. The molecule has 1 aliphatic rings. The van der Waals surface area contributed by atoms with Crippen LogP contribution in [0.1, 0.15) is 26.2 Å². The second-order valence-electron chi connectivity index (χ2n) is 4.94. The van der Waals surface area contributed by atoms with E-state index in [0.29, 0.717) is 37.3 Å². The quantitative estimate of drug-likeness (QED) is 0.238. The van der Waals surface area contributed by atoms with E-state index in [-0.39, 0.29) is 19.1 Å². The van der Waals surface area contributed by atoms with Crippen molar-refractivity contribution < 1.29 is 29.0 Å². The molecule has 1 atom stereocenters. The minimum Gasteiger partial charge on any atom is -0.448 e. The number of rotatable bonds is 11. The Kier molecular flexibility index (Phi) is 10.1. The van der Waals surface area contributed by atoms with Gasteiger partial charge in [-0.1, -0.05) is 28.5 Å². The summed E-state index contributed by atoms with van der Waals surface area (Å²) in [7, 11) is 2.72. The molecule has 1 fully saturated rings. The summed E-state index contributed by atoms with van der Waals surface area (Å²) < 4.78 is 4.89. The van der Waals surface area contributed by atoms with E-state index in [4.69, 9.17) is 4.74 Å². The van der Waals surface area contributed by atoms with Crippen molar-refractivity contribution in [3.63, 3.8) is 0 Å². The molecule has 25 heavy (non-hydrogen) atoms. The second kappa shape index (κ2) is 11.8. The zero-order valence-electron chi connectivity index (χ0n) is 13.8. The van der Waals surface area contributed by atoms with Crippen LogP contribution in [-0.4, -0.2) is 65.2 Å². The van der Waals surface area contributed by atoms with Crippen LogP contribution in [0.3, 0.4) is 0 Å². The summed E-state index contributed by atoms with van der Waals surface area (Å²) in [4.78, 5) is 51.0. The third-order valence-electron chi connectivity index (χ3n) is 3.25. The van der Waals surface area contributed by atoms with E-state index in [9.17, 15) is 24.5 Å². The first-order chi connectivity index (χ1) is 12.0. The number of hydrogen-bond acceptors (Lipinski definition) is 9. The van der Waals surface area contributed by atoms with E-state index < -0.39 is 23.1 Å². The van der Waals surface area contributed by atoms with E-state index >= 15 is 0 Å². The van der Waals surface area contributed by atoms with Crippen LogP contribution < -0.4 is 5.32 Å². The standard InChI is InChI=1S/C13H21N3O7S2/c1-2-10(15-5-3-4-11(15)17)12(18)14-13(19)22-6-8-24-25-9-7-23-16(20)21/h10H,2-9H2,1H3,(H,14,18,19)/t10-/m0/s1. The molecule has 1 rings (SSSR count). The molecular weight excluding hydrogens is 374 g/mol. The Balaban J connectivity index is 2.15. The van der Waals surface area contributed by atoms with E-state index in [1.165, 1.54) is 26.5 Å². The lowest BCUT2D eigenvalue weighted by atomic mass is 10.2. The number of hydrogen-bond donors (Lipinski definition) is 1. The van der Waals surface area contributed by atoms with E-state index in [0.717, 1.165) is 0 Å². The lowest BCUT2D eigenvalue weighted by Crippen LogP contribution is -2.48. The smallest absolute Gasteiger partial charge is 0.413 e. The Hall–Kier alpha value is -1.69. The van der Waals surface area contributed by atoms with Crippen molar-refractivity contribution in [1.82, 2.24) is 10.2 Å². The summed E-state index contributed by atoms with van der Waals surface area (Å²) in [6.45, 7) is 2.38. The predicted molar refractivity (Wildman–Crippen MR) is 92.4 cm³/mol. The van der Waals surface area contributed by atoms with Gasteiger partial charge in [0, 0.05) is 24.5 Å². The van der Waals surface area contributed by atoms with Crippen LogP contribution in [-0.2, 0) is 19.2 Å². The Morgan fingerprint density at radius 1 is 1.36 bits per heavy atom. The van der Waals surface area contributed by atoms with Crippen LogP contribution in [0.5, 0.6) is 0 Å².